The number of aromatic nitrogens is 3. The van der Waals surface area contributed by atoms with E-state index in [-0.39, 0.29) is 0 Å². The van der Waals surface area contributed by atoms with Crippen LogP contribution >= 0.6 is 0 Å². The lowest BCUT2D eigenvalue weighted by Gasteiger charge is -2.10. The van der Waals surface area contributed by atoms with Crippen LogP contribution in [0.25, 0.3) is 0 Å². The van der Waals surface area contributed by atoms with Crippen molar-refractivity contribution in [3.63, 3.8) is 0 Å². The number of nitriles is 1. The Labute approximate surface area is 129 Å². The lowest BCUT2D eigenvalue weighted by Crippen LogP contribution is -2.37. The van der Waals surface area contributed by atoms with Crippen LogP contribution in [-0.4, -0.2) is 27.3 Å². The average Bonchev–Trinajstić information content (AvgIpc) is 2.96. The van der Waals surface area contributed by atoms with Crippen molar-refractivity contribution in [1.82, 2.24) is 25.4 Å². The van der Waals surface area contributed by atoms with Gasteiger partial charge in [0.1, 0.15) is 12.2 Å². The minimum atomic E-state index is 0.542. The Bertz CT molecular complexity index is 664. The topological polar surface area (TPSA) is 90.9 Å². The molecule has 0 bridgehead atoms. The second kappa shape index (κ2) is 7.78. The number of nitrogens with one attached hydrogen (secondary N) is 2. The van der Waals surface area contributed by atoms with Gasteiger partial charge in [0.05, 0.1) is 24.7 Å². The molecule has 0 aliphatic heterocycles. The van der Waals surface area contributed by atoms with Crippen molar-refractivity contribution in [2.75, 3.05) is 6.54 Å². The van der Waals surface area contributed by atoms with E-state index in [1.165, 1.54) is 6.33 Å². The molecule has 1 heterocycles. The van der Waals surface area contributed by atoms with Crippen molar-refractivity contribution in [3.05, 3.63) is 47.5 Å². The van der Waals surface area contributed by atoms with Crippen molar-refractivity contribution >= 4 is 5.96 Å². The van der Waals surface area contributed by atoms with Gasteiger partial charge in [-0.1, -0.05) is 12.1 Å². The van der Waals surface area contributed by atoms with Gasteiger partial charge in [0, 0.05) is 13.6 Å². The van der Waals surface area contributed by atoms with Gasteiger partial charge in [0.25, 0.3) is 0 Å². The van der Waals surface area contributed by atoms with Gasteiger partial charge in [-0.3, -0.25) is 4.68 Å². The summed E-state index contributed by atoms with van der Waals surface area (Å²) in [5.74, 6) is 1.55. The standard InChI is InChI=1S/C15H19N7/c1-3-17-15(19-10-14-20-11-21-22(14)2)18-9-13-6-4-12(8-16)5-7-13/h4-7,11H,3,9-10H2,1-2H3,(H2,17,18,19). The molecule has 22 heavy (non-hydrogen) atoms. The van der Waals surface area contributed by atoms with Gasteiger partial charge in [0.15, 0.2) is 5.96 Å². The van der Waals surface area contributed by atoms with Crippen LogP contribution in [0.4, 0.5) is 0 Å². The molecule has 1 aromatic carbocycles. The van der Waals surface area contributed by atoms with Crippen LogP contribution in [0.5, 0.6) is 0 Å². The summed E-state index contributed by atoms with van der Waals surface area (Å²) in [7, 11) is 1.85. The van der Waals surface area contributed by atoms with Crippen molar-refractivity contribution < 1.29 is 0 Å². The van der Waals surface area contributed by atoms with E-state index in [4.69, 9.17) is 5.26 Å². The molecule has 2 aromatic rings. The number of hydrogen-bond donors (Lipinski definition) is 2. The van der Waals surface area contributed by atoms with Gasteiger partial charge < -0.3 is 10.6 Å². The van der Waals surface area contributed by atoms with Crippen LogP contribution in [0.3, 0.4) is 0 Å². The van der Waals surface area contributed by atoms with E-state index in [0.29, 0.717) is 18.7 Å². The second-order valence-electron chi connectivity index (χ2n) is 4.66. The van der Waals surface area contributed by atoms with Crippen molar-refractivity contribution in [2.45, 2.75) is 20.0 Å². The lowest BCUT2D eigenvalue weighted by molar-refractivity contribution is 0.673. The molecule has 0 spiro atoms. The lowest BCUT2D eigenvalue weighted by atomic mass is 10.1. The molecule has 7 nitrogen and oxygen atoms in total. The Morgan fingerprint density at radius 3 is 2.68 bits per heavy atom. The number of nitrogens with zero attached hydrogens (tertiary/aromatic N) is 5. The van der Waals surface area contributed by atoms with Crippen LogP contribution in [0.1, 0.15) is 23.9 Å². The third-order valence-corrected chi connectivity index (χ3v) is 3.07. The summed E-state index contributed by atoms with van der Waals surface area (Å²) in [6.07, 6.45) is 1.53. The normalized spacial score (nSPS) is 11.0. The van der Waals surface area contributed by atoms with Gasteiger partial charge in [-0.25, -0.2) is 9.98 Å². The van der Waals surface area contributed by atoms with E-state index < -0.39 is 0 Å². The molecule has 0 amide bonds. The van der Waals surface area contributed by atoms with Gasteiger partial charge in [-0.15, -0.1) is 0 Å². The fourth-order valence-electron chi connectivity index (χ4n) is 1.84. The summed E-state index contributed by atoms with van der Waals surface area (Å²) in [4.78, 5) is 8.68. The molecule has 0 aliphatic carbocycles. The van der Waals surface area contributed by atoms with Crippen LogP contribution in [0, 0.1) is 11.3 Å². The maximum Gasteiger partial charge on any atom is 0.191 e. The molecule has 0 fully saturated rings. The Morgan fingerprint density at radius 2 is 2.09 bits per heavy atom. The van der Waals surface area contributed by atoms with E-state index in [1.54, 1.807) is 16.8 Å². The van der Waals surface area contributed by atoms with Crippen molar-refractivity contribution in [1.29, 1.82) is 5.26 Å². The third-order valence-electron chi connectivity index (χ3n) is 3.07. The molecule has 0 saturated heterocycles. The largest absolute Gasteiger partial charge is 0.357 e. The molecular weight excluding hydrogens is 278 g/mol. The second-order valence-corrected chi connectivity index (χ2v) is 4.66. The molecule has 7 heteroatoms. The molecule has 0 radical (unpaired) electrons. The monoisotopic (exact) mass is 297 g/mol. The number of aryl methyl sites for hydroxylation is 1. The molecule has 2 N–H and O–H groups in total. The number of aliphatic imine (C=N–C) groups is 1. The number of hydrogen-bond acceptors (Lipinski definition) is 4. The minimum absolute atomic E-state index is 0.542. The molecule has 0 saturated carbocycles. The van der Waals surface area contributed by atoms with Gasteiger partial charge in [-0.2, -0.15) is 10.4 Å². The summed E-state index contributed by atoms with van der Waals surface area (Å²) >= 11 is 0. The zero-order valence-electron chi connectivity index (χ0n) is 12.7. The number of guanidine groups is 1. The molecular formula is C15H19N7. The first-order chi connectivity index (χ1) is 10.7. The van der Waals surface area contributed by atoms with Gasteiger partial charge >= 0.3 is 0 Å². The maximum absolute atomic E-state index is 8.79. The van der Waals surface area contributed by atoms with E-state index >= 15 is 0 Å². The first-order valence-electron chi connectivity index (χ1n) is 7.07. The summed E-state index contributed by atoms with van der Waals surface area (Å²) in [5.41, 5.74) is 1.70. The highest BCUT2D eigenvalue weighted by Crippen LogP contribution is 2.04. The maximum atomic E-state index is 8.79. The van der Waals surface area contributed by atoms with E-state index in [1.807, 2.05) is 26.1 Å². The molecule has 1 aromatic heterocycles. The SMILES string of the molecule is CCNC(=NCc1ccc(C#N)cc1)NCc1ncnn1C. The zero-order chi connectivity index (χ0) is 15.8. The van der Waals surface area contributed by atoms with Crippen LogP contribution in [0.2, 0.25) is 0 Å². The fraction of sp³-hybridized carbons (Fsp3) is 0.333. The van der Waals surface area contributed by atoms with E-state index in [9.17, 15) is 0 Å². The quantitative estimate of drug-likeness (QED) is 0.633. The summed E-state index contributed by atoms with van der Waals surface area (Å²) in [6, 6.07) is 9.52. The summed E-state index contributed by atoms with van der Waals surface area (Å²) in [5, 5.41) is 19.2. The van der Waals surface area contributed by atoms with Gasteiger partial charge in [0.2, 0.25) is 0 Å². The molecule has 0 aliphatic rings. The van der Waals surface area contributed by atoms with Crippen LogP contribution in [-0.2, 0) is 20.1 Å². The summed E-state index contributed by atoms with van der Waals surface area (Å²) in [6.45, 7) is 3.88. The highest BCUT2D eigenvalue weighted by Gasteiger charge is 2.02. The number of rotatable bonds is 5. The van der Waals surface area contributed by atoms with Crippen LogP contribution in [0.15, 0.2) is 35.6 Å². The third kappa shape index (κ3) is 4.31. The first kappa shape index (κ1) is 15.5. The molecule has 2 rings (SSSR count). The smallest absolute Gasteiger partial charge is 0.191 e. The minimum Gasteiger partial charge on any atom is -0.357 e. The van der Waals surface area contributed by atoms with Crippen LogP contribution < -0.4 is 10.6 Å². The molecule has 0 unspecified atom stereocenters. The van der Waals surface area contributed by atoms with Gasteiger partial charge in [-0.05, 0) is 24.6 Å². The Hall–Kier alpha value is -2.88. The average molecular weight is 297 g/mol. The Balaban J connectivity index is 1.97. The Morgan fingerprint density at radius 1 is 1.32 bits per heavy atom. The van der Waals surface area contributed by atoms with E-state index in [2.05, 4.69) is 31.8 Å². The number of benzene rings is 1. The predicted octanol–water partition coefficient (Wildman–Crippen LogP) is 0.942. The highest BCUT2D eigenvalue weighted by molar-refractivity contribution is 5.79. The van der Waals surface area contributed by atoms with Crippen molar-refractivity contribution in [3.8, 4) is 6.07 Å². The highest BCUT2D eigenvalue weighted by atomic mass is 15.3. The zero-order valence-corrected chi connectivity index (χ0v) is 12.7. The first-order valence-corrected chi connectivity index (χ1v) is 7.07. The fourth-order valence-corrected chi connectivity index (χ4v) is 1.84. The van der Waals surface area contributed by atoms with Crippen molar-refractivity contribution in [2.24, 2.45) is 12.0 Å². The molecule has 114 valence electrons. The molecule has 0 atom stereocenters. The summed E-state index contributed by atoms with van der Waals surface area (Å²) < 4.78 is 1.72. The Kier molecular flexibility index (Phi) is 5.49. The predicted molar refractivity (Wildman–Crippen MR) is 83.8 cm³/mol. The van der Waals surface area contributed by atoms with E-state index in [0.717, 1.165) is 23.9 Å².